The first kappa shape index (κ1) is 21.9. The number of guanidine groups is 1. The van der Waals surface area contributed by atoms with E-state index in [-0.39, 0.29) is 0 Å². The topological polar surface area (TPSA) is 70.4 Å². The quantitative estimate of drug-likeness (QED) is 0.543. The largest absolute Gasteiger partial charge is 0.368 e. The predicted octanol–water partition coefficient (Wildman–Crippen LogP) is 3.81. The van der Waals surface area contributed by atoms with Crippen LogP contribution in [0.2, 0.25) is 5.02 Å². The van der Waals surface area contributed by atoms with Crippen molar-refractivity contribution in [1.29, 1.82) is 0 Å². The van der Waals surface area contributed by atoms with Gasteiger partial charge in [0.25, 0.3) is 0 Å². The zero-order chi connectivity index (χ0) is 21.6. The summed E-state index contributed by atoms with van der Waals surface area (Å²) in [7, 11) is 1.99. The Morgan fingerprint density at radius 3 is 2.55 bits per heavy atom. The van der Waals surface area contributed by atoms with Gasteiger partial charge in [0.05, 0.1) is 10.7 Å². The fourth-order valence-corrected chi connectivity index (χ4v) is 4.78. The average Bonchev–Trinajstić information content (AvgIpc) is 3.11. The second-order valence-electron chi connectivity index (χ2n) is 8.75. The number of nitrogens with zero attached hydrogens (tertiary/aromatic N) is 5. The lowest BCUT2D eigenvalue weighted by atomic mass is 9.96. The standard InChI is InChI=1S/C23H34ClN7/c1-17-28-29-22(30(17)2)15-25-23(26-18-9-4-3-5-10-18)27-19-11-8-14-31(16-19)21-13-7-6-12-20(21)24/h6-7,12-13,18-19H,3-5,8-11,14-16H2,1-2H3,(H2,25,26,27). The number of aryl methyl sites for hydroxylation is 1. The summed E-state index contributed by atoms with van der Waals surface area (Å²) in [4.78, 5) is 7.28. The molecule has 7 nitrogen and oxygen atoms in total. The van der Waals surface area contributed by atoms with Gasteiger partial charge in [-0.3, -0.25) is 0 Å². The van der Waals surface area contributed by atoms with Gasteiger partial charge in [0.15, 0.2) is 11.8 Å². The summed E-state index contributed by atoms with van der Waals surface area (Å²) in [5.74, 6) is 2.67. The molecule has 2 aromatic rings. The molecule has 2 fully saturated rings. The van der Waals surface area contributed by atoms with Crippen LogP contribution >= 0.6 is 11.6 Å². The molecule has 0 spiro atoms. The number of benzene rings is 1. The number of para-hydroxylation sites is 1. The third kappa shape index (κ3) is 5.70. The van der Waals surface area contributed by atoms with Crippen LogP contribution in [0, 0.1) is 6.92 Å². The van der Waals surface area contributed by atoms with Gasteiger partial charge < -0.3 is 20.1 Å². The molecule has 0 bridgehead atoms. The van der Waals surface area contributed by atoms with Crippen LogP contribution in [0.25, 0.3) is 0 Å². The van der Waals surface area contributed by atoms with Crippen LogP contribution in [0.15, 0.2) is 29.3 Å². The van der Waals surface area contributed by atoms with Gasteiger partial charge in [-0.05, 0) is 44.7 Å². The van der Waals surface area contributed by atoms with Gasteiger partial charge in [-0.1, -0.05) is 43.0 Å². The second-order valence-corrected chi connectivity index (χ2v) is 9.15. The Kier molecular flexibility index (Phi) is 7.33. The van der Waals surface area contributed by atoms with Crippen molar-refractivity contribution < 1.29 is 0 Å². The molecule has 2 heterocycles. The molecule has 1 aromatic carbocycles. The number of rotatable bonds is 5. The van der Waals surface area contributed by atoms with E-state index in [1.807, 2.05) is 30.7 Å². The predicted molar refractivity (Wildman–Crippen MR) is 127 cm³/mol. The van der Waals surface area contributed by atoms with Crippen molar-refractivity contribution in [2.45, 2.75) is 70.5 Å². The highest BCUT2D eigenvalue weighted by atomic mass is 35.5. The van der Waals surface area contributed by atoms with Gasteiger partial charge in [0.1, 0.15) is 12.4 Å². The molecule has 2 aliphatic rings. The number of piperidine rings is 1. The summed E-state index contributed by atoms with van der Waals surface area (Å²) in [5, 5.41) is 16.7. The number of nitrogens with one attached hydrogen (secondary N) is 2. The van der Waals surface area contributed by atoms with Crippen molar-refractivity contribution in [3.8, 4) is 0 Å². The summed E-state index contributed by atoms with van der Waals surface area (Å²) in [6, 6.07) is 8.92. The van der Waals surface area contributed by atoms with E-state index in [0.717, 1.165) is 54.2 Å². The molecule has 4 rings (SSSR count). The van der Waals surface area contributed by atoms with Crippen LogP contribution in [0.4, 0.5) is 5.69 Å². The van der Waals surface area contributed by atoms with Gasteiger partial charge >= 0.3 is 0 Å². The molecule has 1 aliphatic carbocycles. The molecule has 0 amide bonds. The number of hydrogen-bond acceptors (Lipinski definition) is 4. The molecule has 1 saturated carbocycles. The van der Waals surface area contributed by atoms with Crippen molar-refractivity contribution in [3.05, 3.63) is 40.9 Å². The summed E-state index contributed by atoms with van der Waals surface area (Å²) in [5.41, 5.74) is 1.11. The van der Waals surface area contributed by atoms with E-state index in [4.69, 9.17) is 16.6 Å². The molecule has 1 unspecified atom stereocenters. The average molecular weight is 444 g/mol. The summed E-state index contributed by atoms with van der Waals surface area (Å²) in [6.45, 7) is 4.42. The maximum atomic E-state index is 6.46. The number of aliphatic imine (C=N–C) groups is 1. The first-order valence-corrected chi connectivity index (χ1v) is 11.9. The third-order valence-electron chi connectivity index (χ3n) is 6.46. The first-order valence-electron chi connectivity index (χ1n) is 11.5. The molecule has 1 aliphatic heterocycles. The van der Waals surface area contributed by atoms with Crippen LogP contribution in [0.3, 0.4) is 0 Å². The molecule has 1 saturated heterocycles. The van der Waals surface area contributed by atoms with E-state index in [1.165, 1.54) is 32.1 Å². The highest BCUT2D eigenvalue weighted by molar-refractivity contribution is 6.33. The van der Waals surface area contributed by atoms with Crippen molar-refractivity contribution in [2.24, 2.45) is 12.0 Å². The first-order chi connectivity index (χ1) is 15.1. The van der Waals surface area contributed by atoms with E-state index in [1.54, 1.807) is 0 Å². The third-order valence-corrected chi connectivity index (χ3v) is 6.78. The zero-order valence-electron chi connectivity index (χ0n) is 18.6. The Bertz CT molecular complexity index is 888. The fourth-order valence-electron chi connectivity index (χ4n) is 4.53. The molecule has 0 radical (unpaired) electrons. The minimum absolute atomic E-state index is 0.320. The van der Waals surface area contributed by atoms with E-state index >= 15 is 0 Å². The Morgan fingerprint density at radius 2 is 1.81 bits per heavy atom. The van der Waals surface area contributed by atoms with Gasteiger partial charge in [-0.25, -0.2) is 4.99 Å². The molecular weight excluding hydrogens is 410 g/mol. The Hall–Kier alpha value is -2.28. The van der Waals surface area contributed by atoms with E-state index < -0.39 is 0 Å². The van der Waals surface area contributed by atoms with Gasteiger partial charge in [-0.2, -0.15) is 0 Å². The normalized spacial score (nSPS) is 20.7. The highest BCUT2D eigenvalue weighted by Crippen LogP contribution is 2.27. The van der Waals surface area contributed by atoms with Crippen molar-refractivity contribution in [3.63, 3.8) is 0 Å². The number of hydrogen-bond donors (Lipinski definition) is 2. The maximum Gasteiger partial charge on any atom is 0.192 e. The lowest BCUT2D eigenvalue weighted by Gasteiger charge is -2.36. The number of halogens is 1. The zero-order valence-corrected chi connectivity index (χ0v) is 19.4. The summed E-state index contributed by atoms with van der Waals surface area (Å²) < 4.78 is 2.00. The van der Waals surface area contributed by atoms with Crippen LogP contribution < -0.4 is 15.5 Å². The summed E-state index contributed by atoms with van der Waals surface area (Å²) in [6.07, 6.45) is 8.58. The molecule has 1 atom stereocenters. The molecule has 1 aromatic heterocycles. The molecule has 168 valence electrons. The lowest BCUT2D eigenvalue weighted by molar-refractivity contribution is 0.402. The van der Waals surface area contributed by atoms with Gasteiger partial charge in [0, 0.05) is 32.2 Å². The van der Waals surface area contributed by atoms with E-state index in [9.17, 15) is 0 Å². The number of aromatic nitrogens is 3. The van der Waals surface area contributed by atoms with Crippen LogP contribution in [0.1, 0.15) is 56.6 Å². The van der Waals surface area contributed by atoms with E-state index in [0.29, 0.717) is 18.6 Å². The molecular formula is C23H34ClN7. The molecule has 2 N–H and O–H groups in total. The lowest BCUT2D eigenvalue weighted by Crippen LogP contribution is -2.53. The SMILES string of the molecule is Cc1nnc(CN=C(NC2CCCCC2)NC2CCCN(c3ccccc3Cl)C2)n1C. The minimum Gasteiger partial charge on any atom is -0.368 e. The fraction of sp³-hybridized carbons (Fsp3) is 0.609. The van der Waals surface area contributed by atoms with Crippen molar-refractivity contribution in [2.75, 3.05) is 18.0 Å². The van der Waals surface area contributed by atoms with Gasteiger partial charge in [0.2, 0.25) is 0 Å². The van der Waals surface area contributed by atoms with Crippen LogP contribution in [0.5, 0.6) is 0 Å². The smallest absolute Gasteiger partial charge is 0.192 e. The minimum atomic E-state index is 0.320. The second kappa shape index (κ2) is 10.4. The molecule has 8 heteroatoms. The Labute approximate surface area is 190 Å². The number of anilines is 1. The molecule has 31 heavy (non-hydrogen) atoms. The highest BCUT2D eigenvalue weighted by Gasteiger charge is 2.23. The van der Waals surface area contributed by atoms with Crippen molar-refractivity contribution >= 4 is 23.2 Å². The van der Waals surface area contributed by atoms with Crippen LogP contribution in [-0.4, -0.2) is 45.9 Å². The monoisotopic (exact) mass is 443 g/mol. The Balaban J connectivity index is 1.45. The van der Waals surface area contributed by atoms with Gasteiger partial charge in [-0.15, -0.1) is 10.2 Å². The van der Waals surface area contributed by atoms with E-state index in [2.05, 4.69) is 37.9 Å². The maximum absolute atomic E-state index is 6.46. The van der Waals surface area contributed by atoms with Crippen molar-refractivity contribution in [1.82, 2.24) is 25.4 Å². The van der Waals surface area contributed by atoms with Crippen LogP contribution in [-0.2, 0) is 13.6 Å². The Morgan fingerprint density at radius 1 is 1.06 bits per heavy atom. The summed E-state index contributed by atoms with van der Waals surface area (Å²) >= 11 is 6.46.